The van der Waals surface area contributed by atoms with Crippen molar-refractivity contribution in [2.45, 2.75) is 44.8 Å². The first-order valence-corrected chi connectivity index (χ1v) is 8.90. The molecule has 3 rings (SSSR count). The molecule has 23 heavy (non-hydrogen) atoms. The van der Waals surface area contributed by atoms with E-state index in [0.29, 0.717) is 18.6 Å². The van der Waals surface area contributed by atoms with E-state index >= 15 is 0 Å². The number of ether oxygens (including phenoxy) is 1. The van der Waals surface area contributed by atoms with Crippen molar-refractivity contribution in [2.24, 2.45) is 5.92 Å². The second-order valence-electron chi connectivity index (χ2n) is 6.94. The summed E-state index contributed by atoms with van der Waals surface area (Å²) in [5.74, 6) is 0.635. The minimum absolute atomic E-state index is 0.127. The Labute approximate surface area is 139 Å². The van der Waals surface area contributed by atoms with Crippen LogP contribution in [0.3, 0.4) is 0 Å². The molecule has 0 bridgehead atoms. The van der Waals surface area contributed by atoms with Gasteiger partial charge in [-0.05, 0) is 63.7 Å². The normalized spacial score (nSPS) is 23.7. The molecule has 2 saturated heterocycles. The highest BCUT2D eigenvalue weighted by Crippen LogP contribution is 2.30. The number of amides is 1. The topological polar surface area (TPSA) is 32.8 Å². The van der Waals surface area contributed by atoms with Crippen molar-refractivity contribution < 1.29 is 9.53 Å². The maximum atomic E-state index is 12.6. The molecule has 4 nitrogen and oxygen atoms in total. The zero-order valence-corrected chi connectivity index (χ0v) is 14.1. The summed E-state index contributed by atoms with van der Waals surface area (Å²) >= 11 is 0. The molecule has 0 spiro atoms. The Balaban J connectivity index is 1.58. The van der Waals surface area contributed by atoms with Crippen LogP contribution >= 0.6 is 0 Å². The van der Waals surface area contributed by atoms with E-state index in [1.165, 1.54) is 19.3 Å². The maximum Gasteiger partial charge on any atom is 0.410 e. The fourth-order valence-electron chi connectivity index (χ4n) is 3.89. The van der Waals surface area contributed by atoms with Gasteiger partial charge in [0.05, 0.1) is 0 Å². The quantitative estimate of drug-likeness (QED) is 0.855. The first-order chi connectivity index (χ1) is 11.2. The number of nitrogens with zero attached hydrogens (tertiary/aromatic N) is 2. The summed E-state index contributed by atoms with van der Waals surface area (Å²) in [6.07, 6.45) is 5.74. The molecule has 1 atom stereocenters. The molecular weight excluding hydrogens is 288 g/mol. The summed E-state index contributed by atoms with van der Waals surface area (Å²) in [5.41, 5.74) is 1.05. The number of benzene rings is 1. The fourth-order valence-corrected chi connectivity index (χ4v) is 3.89. The van der Waals surface area contributed by atoms with Crippen LogP contribution in [0.1, 0.15) is 37.7 Å². The predicted molar refractivity (Wildman–Crippen MR) is 91.2 cm³/mol. The second kappa shape index (κ2) is 7.82. The van der Waals surface area contributed by atoms with Crippen molar-refractivity contribution in [3.63, 3.8) is 0 Å². The Morgan fingerprint density at radius 1 is 1.09 bits per heavy atom. The van der Waals surface area contributed by atoms with Crippen LogP contribution in [-0.4, -0.2) is 48.6 Å². The lowest BCUT2D eigenvalue weighted by atomic mass is 9.84. The number of likely N-dealkylation sites (tertiary alicyclic amines) is 2. The Morgan fingerprint density at radius 3 is 2.57 bits per heavy atom. The average molecular weight is 316 g/mol. The van der Waals surface area contributed by atoms with Gasteiger partial charge in [-0.1, -0.05) is 30.3 Å². The van der Waals surface area contributed by atoms with Gasteiger partial charge in [0.15, 0.2) is 0 Å². The van der Waals surface area contributed by atoms with E-state index < -0.39 is 0 Å². The summed E-state index contributed by atoms with van der Waals surface area (Å²) in [4.78, 5) is 17.0. The van der Waals surface area contributed by atoms with Crippen molar-refractivity contribution in [3.8, 4) is 0 Å². The molecule has 2 aliphatic heterocycles. The van der Waals surface area contributed by atoms with Gasteiger partial charge < -0.3 is 14.5 Å². The van der Waals surface area contributed by atoms with Gasteiger partial charge in [0, 0.05) is 12.6 Å². The molecule has 0 unspecified atom stereocenters. The van der Waals surface area contributed by atoms with Gasteiger partial charge in [-0.15, -0.1) is 0 Å². The van der Waals surface area contributed by atoms with E-state index in [-0.39, 0.29) is 6.09 Å². The molecule has 2 fully saturated rings. The molecular formula is C19H28N2O2. The summed E-state index contributed by atoms with van der Waals surface area (Å²) in [5, 5.41) is 0. The Morgan fingerprint density at radius 2 is 1.83 bits per heavy atom. The summed E-state index contributed by atoms with van der Waals surface area (Å²) in [6, 6.07) is 10.3. The Bertz CT molecular complexity index is 497. The lowest BCUT2D eigenvalue weighted by Crippen LogP contribution is -2.50. The van der Waals surface area contributed by atoms with E-state index in [2.05, 4.69) is 11.9 Å². The molecule has 1 amide bonds. The van der Waals surface area contributed by atoms with Crippen LogP contribution in [0.4, 0.5) is 4.79 Å². The molecule has 0 aliphatic carbocycles. The van der Waals surface area contributed by atoms with Gasteiger partial charge in [-0.3, -0.25) is 0 Å². The van der Waals surface area contributed by atoms with Crippen LogP contribution < -0.4 is 0 Å². The highest BCUT2D eigenvalue weighted by atomic mass is 16.6. The SMILES string of the molecule is CN1CCC([C@@H]2CCCCN2C(=O)OCc2ccccc2)CC1. The number of piperidine rings is 2. The van der Waals surface area contributed by atoms with Crippen LogP contribution in [0.15, 0.2) is 30.3 Å². The maximum absolute atomic E-state index is 12.6. The summed E-state index contributed by atoms with van der Waals surface area (Å²) < 4.78 is 5.59. The standard InChI is InChI=1S/C19H28N2O2/c1-20-13-10-17(11-14-20)18-9-5-6-12-21(18)19(22)23-15-16-7-3-2-4-8-16/h2-4,7-8,17-18H,5-6,9-15H2,1H3/t18-/m0/s1. The molecule has 1 aromatic carbocycles. The van der Waals surface area contributed by atoms with Crippen LogP contribution in [0.5, 0.6) is 0 Å². The lowest BCUT2D eigenvalue weighted by molar-refractivity contribution is 0.0385. The fraction of sp³-hybridized carbons (Fsp3) is 0.632. The first kappa shape index (κ1) is 16.3. The van der Waals surface area contributed by atoms with E-state index in [1.54, 1.807) is 0 Å². The van der Waals surface area contributed by atoms with Crippen molar-refractivity contribution in [2.75, 3.05) is 26.7 Å². The van der Waals surface area contributed by atoms with Gasteiger partial charge in [-0.2, -0.15) is 0 Å². The van der Waals surface area contributed by atoms with E-state index in [9.17, 15) is 4.79 Å². The van der Waals surface area contributed by atoms with Crippen molar-refractivity contribution in [1.82, 2.24) is 9.80 Å². The zero-order valence-electron chi connectivity index (χ0n) is 14.1. The Kier molecular flexibility index (Phi) is 5.55. The summed E-state index contributed by atoms with van der Waals surface area (Å²) in [6.45, 7) is 3.52. The van der Waals surface area contributed by atoms with E-state index in [0.717, 1.165) is 38.0 Å². The third kappa shape index (κ3) is 4.25. The molecule has 4 heteroatoms. The predicted octanol–water partition coefficient (Wildman–Crippen LogP) is 3.52. The third-order valence-corrected chi connectivity index (χ3v) is 5.30. The largest absolute Gasteiger partial charge is 0.445 e. The van der Waals surface area contributed by atoms with E-state index in [1.807, 2.05) is 35.2 Å². The molecule has 0 radical (unpaired) electrons. The minimum Gasteiger partial charge on any atom is -0.445 e. The molecule has 1 aromatic rings. The first-order valence-electron chi connectivity index (χ1n) is 8.90. The number of hydrogen-bond acceptors (Lipinski definition) is 3. The average Bonchev–Trinajstić information content (AvgIpc) is 2.61. The van der Waals surface area contributed by atoms with Crippen molar-refractivity contribution in [1.29, 1.82) is 0 Å². The van der Waals surface area contributed by atoms with Crippen molar-refractivity contribution in [3.05, 3.63) is 35.9 Å². The van der Waals surface area contributed by atoms with Crippen molar-refractivity contribution >= 4 is 6.09 Å². The third-order valence-electron chi connectivity index (χ3n) is 5.30. The van der Waals surface area contributed by atoms with Crippen LogP contribution in [0.25, 0.3) is 0 Å². The molecule has 0 saturated carbocycles. The van der Waals surface area contributed by atoms with E-state index in [4.69, 9.17) is 4.74 Å². The van der Waals surface area contributed by atoms with Gasteiger partial charge in [-0.25, -0.2) is 4.79 Å². The van der Waals surface area contributed by atoms with Gasteiger partial charge in [0.1, 0.15) is 6.61 Å². The van der Waals surface area contributed by atoms with Crippen LogP contribution in [-0.2, 0) is 11.3 Å². The second-order valence-corrected chi connectivity index (χ2v) is 6.94. The summed E-state index contributed by atoms with van der Waals surface area (Å²) in [7, 11) is 2.18. The molecule has 0 aromatic heterocycles. The molecule has 0 N–H and O–H groups in total. The number of rotatable bonds is 3. The monoisotopic (exact) mass is 316 g/mol. The highest BCUT2D eigenvalue weighted by molar-refractivity contribution is 5.68. The number of carbonyl (C=O) groups excluding carboxylic acids is 1. The highest BCUT2D eigenvalue weighted by Gasteiger charge is 2.35. The van der Waals surface area contributed by atoms with Gasteiger partial charge >= 0.3 is 6.09 Å². The van der Waals surface area contributed by atoms with Gasteiger partial charge in [0.25, 0.3) is 0 Å². The Hall–Kier alpha value is -1.55. The zero-order chi connectivity index (χ0) is 16.1. The van der Waals surface area contributed by atoms with Gasteiger partial charge in [0.2, 0.25) is 0 Å². The van der Waals surface area contributed by atoms with Crippen LogP contribution in [0.2, 0.25) is 0 Å². The lowest BCUT2D eigenvalue weighted by Gasteiger charge is -2.42. The smallest absolute Gasteiger partial charge is 0.410 e. The number of carbonyl (C=O) groups is 1. The molecule has 2 aliphatic rings. The number of hydrogen-bond donors (Lipinski definition) is 0. The molecule has 2 heterocycles. The molecule has 126 valence electrons. The van der Waals surface area contributed by atoms with Crippen LogP contribution in [0, 0.1) is 5.92 Å². The minimum atomic E-state index is -0.127.